The van der Waals surface area contributed by atoms with Crippen molar-refractivity contribution in [3.8, 4) is 0 Å². The summed E-state index contributed by atoms with van der Waals surface area (Å²) in [6.07, 6.45) is 1.68. The minimum absolute atomic E-state index is 0.0173. The van der Waals surface area contributed by atoms with E-state index in [0.717, 1.165) is 5.56 Å². The van der Waals surface area contributed by atoms with Crippen LogP contribution in [-0.4, -0.2) is 47.3 Å². The van der Waals surface area contributed by atoms with Gasteiger partial charge in [0.2, 0.25) is 11.7 Å². The van der Waals surface area contributed by atoms with Crippen molar-refractivity contribution in [1.29, 1.82) is 0 Å². The Morgan fingerprint density at radius 3 is 2.73 bits per heavy atom. The maximum atomic E-state index is 13.0. The lowest BCUT2D eigenvalue weighted by Gasteiger charge is -2.24. The van der Waals surface area contributed by atoms with Crippen LogP contribution in [0.1, 0.15) is 37.3 Å². The Hall–Kier alpha value is -3.69. The second-order valence-corrected chi connectivity index (χ2v) is 8.14. The Labute approximate surface area is 191 Å². The molecule has 3 N–H and O–H groups in total. The Morgan fingerprint density at radius 1 is 1.24 bits per heavy atom. The molecule has 0 spiro atoms. The highest BCUT2D eigenvalue weighted by molar-refractivity contribution is 6.38. The van der Waals surface area contributed by atoms with Gasteiger partial charge in [0.1, 0.15) is 24.5 Å². The van der Waals surface area contributed by atoms with Gasteiger partial charge < -0.3 is 25.1 Å². The Bertz CT molecular complexity index is 988. The molecule has 0 saturated heterocycles. The summed E-state index contributed by atoms with van der Waals surface area (Å²) in [5, 5.41) is 7.70. The number of oxazole rings is 1. The van der Waals surface area contributed by atoms with Gasteiger partial charge in [-0.1, -0.05) is 44.2 Å². The van der Waals surface area contributed by atoms with Crippen LogP contribution in [0.2, 0.25) is 0 Å². The van der Waals surface area contributed by atoms with Crippen LogP contribution in [0.5, 0.6) is 0 Å². The second-order valence-electron chi connectivity index (χ2n) is 8.14. The predicted octanol–water partition coefficient (Wildman–Crippen LogP) is 1.28. The van der Waals surface area contributed by atoms with Gasteiger partial charge in [0.15, 0.2) is 6.39 Å². The molecule has 0 saturated carbocycles. The zero-order chi connectivity index (χ0) is 23.8. The molecule has 0 aliphatic carbocycles. The number of carbonyl (C=O) groups is 4. The van der Waals surface area contributed by atoms with Gasteiger partial charge in [-0.15, -0.1) is 0 Å². The van der Waals surface area contributed by atoms with Crippen LogP contribution in [0.15, 0.2) is 41.1 Å². The number of aryl methyl sites for hydroxylation is 1. The number of nitrogens with one attached hydrogen (secondary N) is 3. The number of hydrogen-bond donors (Lipinski definition) is 3. The largest absolute Gasteiger partial charge is 0.448 e. The molecule has 0 radical (unpaired) electrons. The molecule has 3 amide bonds. The lowest BCUT2D eigenvalue weighted by atomic mass is 9.99. The highest BCUT2D eigenvalue weighted by atomic mass is 16.5. The molecule has 1 aliphatic heterocycles. The zero-order valence-electron chi connectivity index (χ0n) is 18.6. The minimum Gasteiger partial charge on any atom is -0.448 e. The molecule has 2 heterocycles. The van der Waals surface area contributed by atoms with E-state index >= 15 is 0 Å². The monoisotopic (exact) mass is 456 g/mol. The van der Waals surface area contributed by atoms with E-state index in [4.69, 9.17) is 9.15 Å². The molecule has 33 heavy (non-hydrogen) atoms. The van der Waals surface area contributed by atoms with E-state index in [1.807, 2.05) is 30.3 Å². The highest BCUT2D eigenvalue weighted by Gasteiger charge is 2.33. The molecule has 176 valence electrons. The highest BCUT2D eigenvalue weighted by Crippen LogP contribution is 2.14. The molecular weight excluding hydrogens is 428 g/mol. The van der Waals surface area contributed by atoms with E-state index in [-0.39, 0.29) is 18.9 Å². The van der Waals surface area contributed by atoms with Crippen molar-refractivity contribution >= 4 is 23.7 Å². The van der Waals surface area contributed by atoms with Crippen molar-refractivity contribution in [2.45, 2.75) is 51.8 Å². The summed E-state index contributed by atoms with van der Waals surface area (Å²) in [6.45, 7) is 3.85. The SMILES string of the molecule is CC(C)C(NC(=O)OCc1ccccc1)C(=O)NC1Cc2ocnc2CCCNC(=O)C1=O. The molecule has 3 rings (SSSR count). The third-order valence-electron chi connectivity index (χ3n) is 5.28. The molecule has 10 nitrogen and oxygen atoms in total. The van der Waals surface area contributed by atoms with Crippen LogP contribution in [0.4, 0.5) is 4.79 Å². The minimum atomic E-state index is -1.16. The van der Waals surface area contributed by atoms with Gasteiger partial charge in [-0.05, 0) is 24.3 Å². The fourth-order valence-electron chi connectivity index (χ4n) is 3.45. The molecule has 10 heteroatoms. The summed E-state index contributed by atoms with van der Waals surface area (Å²) in [5.41, 5.74) is 1.49. The Balaban J connectivity index is 1.67. The van der Waals surface area contributed by atoms with Crippen LogP contribution in [0.3, 0.4) is 0 Å². The number of amides is 3. The Morgan fingerprint density at radius 2 is 2.00 bits per heavy atom. The number of nitrogens with zero attached hydrogens (tertiary/aromatic N) is 1. The summed E-state index contributed by atoms with van der Waals surface area (Å²) in [7, 11) is 0. The quantitative estimate of drug-likeness (QED) is 0.557. The lowest BCUT2D eigenvalue weighted by molar-refractivity contribution is -0.140. The normalized spacial score (nSPS) is 17.5. The van der Waals surface area contributed by atoms with Crippen molar-refractivity contribution < 1.29 is 28.3 Å². The van der Waals surface area contributed by atoms with Crippen molar-refractivity contribution in [3.05, 3.63) is 53.7 Å². The number of hydrogen-bond acceptors (Lipinski definition) is 7. The van der Waals surface area contributed by atoms with Crippen LogP contribution in [0.25, 0.3) is 0 Å². The molecule has 1 aromatic carbocycles. The van der Waals surface area contributed by atoms with E-state index in [0.29, 0.717) is 30.8 Å². The maximum Gasteiger partial charge on any atom is 0.408 e. The molecule has 2 unspecified atom stereocenters. The van der Waals surface area contributed by atoms with Crippen LogP contribution < -0.4 is 16.0 Å². The number of carbonyl (C=O) groups excluding carboxylic acids is 4. The first-order valence-electron chi connectivity index (χ1n) is 10.9. The zero-order valence-corrected chi connectivity index (χ0v) is 18.6. The number of benzene rings is 1. The molecule has 2 aromatic rings. The van der Waals surface area contributed by atoms with Crippen molar-refractivity contribution in [1.82, 2.24) is 20.9 Å². The van der Waals surface area contributed by atoms with Crippen molar-refractivity contribution in [2.75, 3.05) is 6.54 Å². The smallest absolute Gasteiger partial charge is 0.408 e. The van der Waals surface area contributed by atoms with E-state index in [1.54, 1.807) is 13.8 Å². The fourth-order valence-corrected chi connectivity index (χ4v) is 3.45. The van der Waals surface area contributed by atoms with E-state index < -0.39 is 35.8 Å². The molecule has 1 aliphatic rings. The first-order chi connectivity index (χ1) is 15.8. The standard InChI is InChI=1S/C23H28N4O6/c1-14(2)19(27-23(31)32-12-15-7-4-3-5-8-15)21(29)26-17-11-18-16(25-13-33-18)9-6-10-24-22(30)20(17)28/h3-5,7-8,13-14,17,19H,6,9-12H2,1-2H3,(H,24,30)(H,26,29)(H,27,31). The number of ether oxygens (including phenoxy) is 1. The Kier molecular flexibility index (Phi) is 8.17. The summed E-state index contributed by atoms with van der Waals surface area (Å²) >= 11 is 0. The third kappa shape index (κ3) is 6.64. The topological polar surface area (TPSA) is 140 Å². The number of aromatic nitrogens is 1. The van der Waals surface area contributed by atoms with Gasteiger partial charge in [0, 0.05) is 13.0 Å². The second kappa shape index (κ2) is 11.3. The van der Waals surface area contributed by atoms with Crippen molar-refractivity contribution in [2.24, 2.45) is 5.92 Å². The number of fused-ring (bicyclic) bond motifs is 1. The van der Waals surface area contributed by atoms with Gasteiger partial charge in [-0.25, -0.2) is 9.78 Å². The predicted molar refractivity (Wildman–Crippen MR) is 117 cm³/mol. The summed E-state index contributed by atoms with van der Waals surface area (Å²) < 4.78 is 10.6. The molecular formula is C23H28N4O6. The lowest BCUT2D eigenvalue weighted by Crippen LogP contribution is -2.56. The maximum absolute atomic E-state index is 13.0. The van der Waals surface area contributed by atoms with E-state index in [9.17, 15) is 19.2 Å². The number of Topliss-reactive ketones (excluding diaryl/α,β-unsaturated/α-hetero) is 1. The molecule has 0 bridgehead atoms. The number of ketones is 1. The summed E-state index contributed by atoms with van der Waals surface area (Å²) in [4.78, 5) is 54.4. The van der Waals surface area contributed by atoms with Gasteiger partial charge in [-0.3, -0.25) is 14.4 Å². The van der Waals surface area contributed by atoms with Crippen LogP contribution in [0, 0.1) is 5.92 Å². The van der Waals surface area contributed by atoms with Gasteiger partial charge in [0.05, 0.1) is 5.69 Å². The molecule has 2 atom stereocenters. The van der Waals surface area contributed by atoms with Crippen LogP contribution in [-0.2, 0) is 38.6 Å². The third-order valence-corrected chi connectivity index (χ3v) is 5.28. The van der Waals surface area contributed by atoms with E-state index in [2.05, 4.69) is 20.9 Å². The fraction of sp³-hybridized carbons (Fsp3) is 0.435. The summed E-state index contributed by atoms with van der Waals surface area (Å²) in [6, 6.07) is 6.99. The first-order valence-corrected chi connectivity index (χ1v) is 10.9. The average Bonchev–Trinajstić information content (AvgIpc) is 3.24. The molecule has 0 fully saturated rings. The average molecular weight is 456 g/mol. The van der Waals surface area contributed by atoms with Gasteiger partial charge in [-0.2, -0.15) is 0 Å². The number of rotatable bonds is 6. The van der Waals surface area contributed by atoms with Gasteiger partial charge in [0.25, 0.3) is 5.91 Å². The van der Waals surface area contributed by atoms with E-state index in [1.165, 1.54) is 6.39 Å². The van der Waals surface area contributed by atoms with Crippen LogP contribution >= 0.6 is 0 Å². The summed E-state index contributed by atoms with van der Waals surface area (Å²) in [5.74, 6) is -2.04. The van der Waals surface area contributed by atoms with Crippen molar-refractivity contribution in [3.63, 3.8) is 0 Å². The van der Waals surface area contributed by atoms with Gasteiger partial charge >= 0.3 is 6.09 Å². The first kappa shape index (κ1) is 24.0. The number of alkyl carbamates (subject to hydrolysis) is 1. The molecule has 1 aromatic heterocycles.